The molecule has 0 saturated carbocycles. The second-order valence-corrected chi connectivity index (χ2v) is 6.75. The second-order valence-electron chi connectivity index (χ2n) is 5.83. The van der Waals surface area contributed by atoms with Crippen molar-refractivity contribution < 1.29 is 18.3 Å². The van der Waals surface area contributed by atoms with E-state index >= 15 is 0 Å². The molecule has 1 aliphatic heterocycles. The lowest BCUT2D eigenvalue weighted by molar-refractivity contribution is -0.207. The van der Waals surface area contributed by atoms with Crippen LogP contribution in [0.5, 0.6) is 0 Å². The molecule has 1 fully saturated rings. The van der Waals surface area contributed by atoms with Gasteiger partial charge in [-0.2, -0.15) is 13.2 Å². The van der Waals surface area contributed by atoms with E-state index in [1.54, 1.807) is 6.07 Å². The van der Waals surface area contributed by atoms with Crippen LogP contribution in [0, 0.1) is 0 Å². The number of anilines is 2. The molecule has 0 aliphatic carbocycles. The molecule has 0 bridgehead atoms. The van der Waals surface area contributed by atoms with Gasteiger partial charge in [-0.25, -0.2) is 0 Å². The highest BCUT2D eigenvalue weighted by molar-refractivity contribution is 9.10. The molecule has 25 heavy (non-hydrogen) atoms. The number of aliphatic hydroxyl groups excluding tert-OH is 1. The van der Waals surface area contributed by atoms with Crippen LogP contribution < -0.4 is 9.80 Å². The average Bonchev–Trinajstić information content (AvgIpc) is 2.61. The fraction of sp³-hybridized carbons (Fsp3) is 0.353. The van der Waals surface area contributed by atoms with Crippen molar-refractivity contribution in [1.29, 1.82) is 0 Å². The summed E-state index contributed by atoms with van der Waals surface area (Å²) in [6.45, 7) is 2.89. The van der Waals surface area contributed by atoms with Crippen LogP contribution in [0.4, 0.5) is 24.5 Å². The number of pyridine rings is 1. The van der Waals surface area contributed by atoms with Crippen molar-refractivity contribution in [3.05, 3.63) is 52.8 Å². The summed E-state index contributed by atoms with van der Waals surface area (Å²) < 4.78 is 39.0. The summed E-state index contributed by atoms with van der Waals surface area (Å²) in [5, 5.41) is 9.37. The van der Waals surface area contributed by atoms with Gasteiger partial charge in [-0.1, -0.05) is 15.9 Å². The van der Waals surface area contributed by atoms with Gasteiger partial charge in [0.05, 0.1) is 5.69 Å². The van der Waals surface area contributed by atoms with Gasteiger partial charge in [0.15, 0.2) is 6.10 Å². The van der Waals surface area contributed by atoms with Crippen molar-refractivity contribution in [3.8, 4) is 0 Å². The first-order chi connectivity index (χ1) is 11.8. The Kier molecular flexibility index (Phi) is 5.19. The third kappa shape index (κ3) is 4.24. The van der Waals surface area contributed by atoms with E-state index in [2.05, 4.69) is 25.8 Å². The van der Waals surface area contributed by atoms with E-state index in [1.165, 1.54) is 12.3 Å². The summed E-state index contributed by atoms with van der Waals surface area (Å²) in [5.41, 5.74) is 1.38. The highest BCUT2D eigenvalue weighted by Crippen LogP contribution is 2.33. The van der Waals surface area contributed by atoms with Gasteiger partial charge in [0.1, 0.15) is 0 Å². The van der Waals surface area contributed by atoms with Crippen molar-refractivity contribution in [3.63, 3.8) is 0 Å². The van der Waals surface area contributed by atoms with E-state index in [0.29, 0.717) is 18.8 Å². The number of rotatable bonds is 3. The third-order valence-corrected chi connectivity index (χ3v) is 4.72. The zero-order chi connectivity index (χ0) is 18.0. The predicted molar refractivity (Wildman–Crippen MR) is 93.8 cm³/mol. The molecule has 2 aromatic rings. The summed E-state index contributed by atoms with van der Waals surface area (Å²) in [6, 6.07) is 11.0. The lowest BCUT2D eigenvalue weighted by Gasteiger charge is -2.37. The van der Waals surface area contributed by atoms with E-state index in [1.807, 2.05) is 29.2 Å². The zero-order valence-electron chi connectivity index (χ0n) is 13.2. The first-order valence-corrected chi connectivity index (χ1v) is 8.60. The van der Waals surface area contributed by atoms with E-state index in [4.69, 9.17) is 0 Å². The number of hydrogen-bond acceptors (Lipinski definition) is 4. The molecule has 134 valence electrons. The summed E-state index contributed by atoms with van der Waals surface area (Å²) >= 11 is 3.41. The predicted octanol–water partition coefficient (Wildman–Crippen LogP) is 3.77. The summed E-state index contributed by atoms with van der Waals surface area (Å²) in [7, 11) is 0. The number of alkyl halides is 3. The minimum Gasteiger partial charge on any atom is -0.378 e. The molecule has 0 radical (unpaired) electrons. The normalized spacial score (nSPS) is 16.8. The number of halogens is 4. The Hall–Kier alpha value is -1.80. The van der Waals surface area contributed by atoms with Crippen molar-refractivity contribution in [2.75, 3.05) is 36.0 Å². The second kappa shape index (κ2) is 7.21. The van der Waals surface area contributed by atoms with Crippen molar-refractivity contribution in [2.24, 2.45) is 0 Å². The Balaban J connectivity index is 1.68. The van der Waals surface area contributed by atoms with Gasteiger partial charge >= 0.3 is 6.18 Å². The molecule has 8 heteroatoms. The van der Waals surface area contributed by atoms with Crippen LogP contribution in [-0.2, 0) is 0 Å². The van der Waals surface area contributed by atoms with Crippen LogP contribution in [-0.4, -0.2) is 42.4 Å². The molecule has 1 atom stereocenters. The monoisotopic (exact) mass is 415 g/mol. The van der Waals surface area contributed by atoms with E-state index < -0.39 is 12.3 Å². The molecule has 2 heterocycles. The summed E-state index contributed by atoms with van der Waals surface area (Å²) in [5.74, 6) is 0. The van der Waals surface area contributed by atoms with Crippen LogP contribution >= 0.6 is 15.9 Å². The maximum atomic E-state index is 12.7. The molecule has 1 unspecified atom stereocenters. The smallest absolute Gasteiger partial charge is 0.378 e. The number of aliphatic hydroxyl groups is 1. The van der Waals surface area contributed by atoms with Gasteiger partial charge in [0, 0.05) is 48.2 Å². The molecule has 1 N–H and O–H groups in total. The zero-order valence-corrected chi connectivity index (χ0v) is 14.8. The first-order valence-electron chi connectivity index (χ1n) is 7.81. The lowest BCUT2D eigenvalue weighted by Crippen LogP contribution is -2.46. The van der Waals surface area contributed by atoms with Crippen LogP contribution in [0.2, 0.25) is 0 Å². The Morgan fingerprint density at radius 2 is 1.52 bits per heavy atom. The van der Waals surface area contributed by atoms with E-state index in [0.717, 1.165) is 23.2 Å². The third-order valence-electron chi connectivity index (χ3n) is 4.19. The number of aromatic nitrogens is 1. The molecule has 1 saturated heterocycles. The fourth-order valence-corrected chi connectivity index (χ4v) is 3.09. The molecule has 1 aliphatic rings. The Morgan fingerprint density at radius 1 is 0.960 bits per heavy atom. The maximum absolute atomic E-state index is 12.7. The lowest BCUT2D eigenvalue weighted by atomic mass is 10.2. The average molecular weight is 416 g/mol. The van der Waals surface area contributed by atoms with Crippen LogP contribution in [0.3, 0.4) is 0 Å². The van der Waals surface area contributed by atoms with Gasteiger partial charge in [-0.15, -0.1) is 0 Å². The van der Waals surface area contributed by atoms with Crippen molar-refractivity contribution in [1.82, 2.24) is 4.98 Å². The minimum atomic E-state index is -4.72. The van der Waals surface area contributed by atoms with Gasteiger partial charge in [-0.3, -0.25) is 4.98 Å². The Labute approximate surface area is 152 Å². The molecule has 0 spiro atoms. The topological polar surface area (TPSA) is 39.6 Å². The minimum absolute atomic E-state index is 0.375. The molecular formula is C17H17BrF3N3O. The van der Waals surface area contributed by atoms with Crippen molar-refractivity contribution >= 4 is 27.3 Å². The molecule has 4 nitrogen and oxygen atoms in total. The molecule has 1 aromatic carbocycles. The highest BCUT2D eigenvalue weighted by atomic mass is 79.9. The Bertz CT molecular complexity index is 716. The maximum Gasteiger partial charge on any atom is 0.420 e. The standard InChI is InChI=1S/C17H17BrF3N3O/c18-12-1-3-13(4-2-12)23-7-9-24(10-8-23)14-5-6-22-15(11-14)16(25)17(19,20)21/h1-6,11,16,25H,7-10H2. The fourth-order valence-electron chi connectivity index (χ4n) is 2.83. The summed E-state index contributed by atoms with van der Waals surface area (Å²) in [4.78, 5) is 7.90. The molecular weight excluding hydrogens is 399 g/mol. The van der Waals surface area contributed by atoms with Crippen LogP contribution in [0.1, 0.15) is 11.8 Å². The highest BCUT2D eigenvalue weighted by Gasteiger charge is 2.40. The summed E-state index contributed by atoms with van der Waals surface area (Å²) in [6.07, 6.45) is -5.97. The number of benzene rings is 1. The SMILES string of the molecule is OC(c1cc(N2CCN(c3ccc(Br)cc3)CC2)ccn1)C(F)(F)F. The van der Waals surface area contributed by atoms with Gasteiger partial charge in [0.2, 0.25) is 0 Å². The number of hydrogen-bond donors (Lipinski definition) is 1. The molecule has 1 aromatic heterocycles. The Morgan fingerprint density at radius 3 is 2.08 bits per heavy atom. The van der Waals surface area contributed by atoms with Gasteiger partial charge in [-0.05, 0) is 36.4 Å². The van der Waals surface area contributed by atoms with Gasteiger partial charge < -0.3 is 14.9 Å². The van der Waals surface area contributed by atoms with E-state index in [-0.39, 0.29) is 5.69 Å². The van der Waals surface area contributed by atoms with E-state index in [9.17, 15) is 18.3 Å². The molecule has 0 amide bonds. The van der Waals surface area contributed by atoms with Gasteiger partial charge in [0.25, 0.3) is 0 Å². The number of nitrogens with zero attached hydrogens (tertiary/aromatic N) is 3. The van der Waals surface area contributed by atoms with Crippen LogP contribution in [0.15, 0.2) is 47.1 Å². The van der Waals surface area contributed by atoms with Crippen LogP contribution in [0.25, 0.3) is 0 Å². The first kappa shape index (κ1) is 18.0. The van der Waals surface area contributed by atoms with Crippen molar-refractivity contribution in [2.45, 2.75) is 12.3 Å². The molecule has 3 rings (SSSR count). The quantitative estimate of drug-likeness (QED) is 0.827. The number of piperazine rings is 1. The largest absolute Gasteiger partial charge is 0.420 e.